The first-order chi connectivity index (χ1) is 17.6. The van der Waals surface area contributed by atoms with Gasteiger partial charge >= 0.3 is 0 Å². The third-order valence-corrected chi connectivity index (χ3v) is 8.40. The molecule has 6 rings (SSSR count). The van der Waals surface area contributed by atoms with E-state index < -0.39 is 0 Å². The van der Waals surface area contributed by atoms with Crippen molar-refractivity contribution >= 4 is 11.8 Å². The van der Waals surface area contributed by atoms with Gasteiger partial charge in [0.1, 0.15) is 12.4 Å². The molecule has 2 aromatic rings. The topological polar surface area (TPSA) is 59.1 Å². The fourth-order valence-electron chi connectivity index (χ4n) is 6.29. The second kappa shape index (κ2) is 11.0. The number of hydrogen-bond acceptors (Lipinski definition) is 4. The number of rotatable bonds is 3. The van der Waals surface area contributed by atoms with Gasteiger partial charge in [-0.3, -0.25) is 9.59 Å². The minimum Gasteiger partial charge on any atom is -0.491 e. The molecule has 1 saturated heterocycles. The first-order valence-electron chi connectivity index (χ1n) is 13.4. The average molecular weight is 491 g/mol. The molecular weight excluding hydrogens is 452 g/mol. The summed E-state index contributed by atoms with van der Waals surface area (Å²) in [7, 11) is 1.77. The van der Waals surface area contributed by atoms with Crippen molar-refractivity contribution in [1.82, 2.24) is 9.80 Å². The summed E-state index contributed by atoms with van der Waals surface area (Å²) in [6.45, 7) is 3.85. The lowest BCUT2D eigenvalue weighted by molar-refractivity contribution is -0.135. The Morgan fingerprint density at radius 2 is 1.64 bits per heavy atom. The number of ether oxygens (including phenoxy) is 2. The van der Waals surface area contributed by atoms with Crippen molar-refractivity contribution in [1.29, 1.82) is 0 Å². The van der Waals surface area contributed by atoms with Crippen LogP contribution in [0.5, 0.6) is 5.75 Å². The van der Waals surface area contributed by atoms with Crippen LogP contribution in [0.15, 0.2) is 48.5 Å². The Morgan fingerprint density at radius 1 is 0.944 bits per heavy atom. The third kappa shape index (κ3) is 5.29. The molecule has 192 valence electrons. The fraction of sp³-hybridized carbons (Fsp3) is 0.533. The molecule has 1 fully saturated rings. The van der Waals surface area contributed by atoms with Crippen molar-refractivity contribution in [2.24, 2.45) is 11.3 Å². The minimum atomic E-state index is 0.00146. The van der Waals surface area contributed by atoms with Crippen LogP contribution in [0.1, 0.15) is 53.6 Å². The molecule has 6 heteroatoms. The van der Waals surface area contributed by atoms with Crippen molar-refractivity contribution < 1.29 is 19.1 Å². The molecule has 0 unspecified atom stereocenters. The second-order valence-electron chi connectivity index (χ2n) is 10.7. The van der Waals surface area contributed by atoms with Gasteiger partial charge in [0.25, 0.3) is 5.91 Å². The summed E-state index contributed by atoms with van der Waals surface area (Å²) in [5, 5.41) is 0. The Morgan fingerprint density at radius 3 is 2.36 bits per heavy atom. The van der Waals surface area contributed by atoms with Gasteiger partial charge in [0, 0.05) is 32.7 Å². The van der Waals surface area contributed by atoms with Gasteiger partial charge in [0.2, 0.25) is 5.91 Å². The number of para-hydroxylation sites is 1. The molecule has 6 nitrogen and oxygen atoms in total. The summed E-state index contributed by atoms with van der Waals surface area (Å²) in [5.74, 6) is 0.860. The smallest absolute Gasteiger partial charge is 0.257 e. The lowest BCUT2D eigenvalue weighted by Gasteiger charge is -2.41. The van der Waals surface area contributed by atoms with E-state index in [-0.39, 0.29) is 23.1 Å². The first kappa shape index (κ1) is 24.8. The number of carbonyl (C=O) groups excluding carboxylic acids is 2. The fourth-order valence-corrected chi connectivity index (χ4v) is 6.29. The Balaban J connectivity index is 1.35. The quantitative estimate of drug-likeness (QED) is 0.642. The number of hydrogen-bond donors (Lipinski definition) is 0. The number of carbonyl (C=O) groups is 2. The van der Waals surface area contributed by atoms with Crippen LogP contribution in [0, 0.1) is 11.3 Å². The van der Waals surface area contributed by atoms with E-state index in [2.05, 4.69) is 24.3 Å². The molecule has 2 amide bonds. The van der Waals surface area contributed by atoms with Crippen LogP contribution in [0.4, 0.5) is 0 Å². The Kier molecular flexibility index (Phi) is 7.61. The van der Waals surface area contributed by atoms with Gasteiger partial charge in [0.15, 0.2) is 0 Å². The summed E-state index contributed by atoms with van der Waals surface area (Å²) in [6.07, 6.45) is 6.60. The highest BCUT2D eigenvalue weighted by atomic mass is 16.5. The zero-order chi connectivity index (χ0) is 25.0. The summed E-state index contributed by atoms with van der Waals surface area (Å²) < 4.78 is 11.8. The molecule has 3 aliphatic heterocycles. The molecule has 4 aliphatic rings. The number of nitrogens with zero attached hydrogens (tertiary/aromatic N) is 2. The van der Waals surface area contributed by atoms with E-state index in [9.17, 15) is 9.59 Å². The van der Waals surface area contributed by atoms with Crippen molar-refractivity contribution in [2.45, 2.75) is 44.9 Å². The number of amides is 2. The molecule has 1 aliphatic carbocycles. The van der Waals surface area contributed by atoms with Crippen LogP contribution in [0.3, 0.4) is 0 Å². The van der Waals surface area contributed by atoms with Gasteiger partial charge in [-0.15, -0.1) is 0 Å². The van der Waals surface area contributed by atoms with Crippen molar-refractivity contribution in [3.05, 3.63) is 65.2 Å². The molecule has 36 heavy (non-hydrogen) atoms. The number of benzene rings is 2. The van der Waals surface area contributed by atoms with Gasteiger partial charge < -0.3 is 19.3 Å². The normalized spacial score (nSPS) is 20.8. The van der Waals surface area contributed by atoms with E-state index in [0.717, 1.165) is 71.2 Å². The zero-order valence-electron chi connectivity index (χ0n) is 21.4. The molecule has 0 N–H and O–H groups in total. The van der Waals surface area contributed by atoms with E-state index in [1.807, 2.05) is 34.1 Å². The van der Waals surface area contributed by atoms with E-state index in [1.54, 1.807) is 7.11 Å². The third-order valence-electron chi connectivity index (χ3n) is 8.40. The number of methoxy groups -OCH3 is 1. The SMILES string of the molecule is COCC12CCCCN(C(=O)C3Cc4ccccc4C3)CCOc3ccccc3C(=O)N(CC1)CC2. The molecular formula is C30H38N2O4. The largest absolute Gasteiger partial charge is 0.491 e. The van der Waals surface area contributed by atoms with Gasteiger partial charge in [0.05, 0.1) is 18.7 Å². The maximum atomic E-state index is 13.6. The molecule has 0 radical (unpaired) electrons. The van der Waals surface area contributed by atoms with Crippen LogP contribution < -0.4 is 4.74 Å². The van der Waals surface area contributed by atoms with Gasteiger partial charge in [-0.1, -0.05) is 42.8 Å². The molecule has 0 spiro atoms. The first-order valence-corrected chi connectivity index (χ1v) is 13.4. The number of fused-ring (bicyclic) bond motifs is 10. The lowest BCUT2D eigenvalue weighted by atomic mass is 9.75. The van der Waals surface area contributed by atoms with Crippen LogP contribution >= 0.6 is 0 Å². The van der Waals surface area contributed by atoms with E-state index in [4.69, 9.17) is 9.47 Å². The Hall–Kier alpha value is -2.86. The zero-order valence-corrected chi connectivity index (χ0v) is 21.4. The van der Waals surface area contributed by atoms with Gasteiger partial charge in [-0.2, -0.15) is 0 Å². The standard InChI is InChI=1S/C30H38N2O4/c1-35-22-30-12-6-7-15-31(28(33)25-20-23-8-2-3-9-24(23)21-25)18-19-36-27-11-5-4-10-26(27)29(34)32(16-13-30)17-14-30/h2-5,8-11,25H,6-7,12-22H2,1H3. The molecule has 0 aromatic heterocycles. The lowest BCUT2D eigenvalue weighted by Crippen LogP contribution is -2.45. The number of piperidine rings is 1. The molecule has 0 atom stereocenters. The second-order valence-corrected chi connectivity index (χ2v) is 10.7. The summed E-state index contributed by atoms with van der Waals surface area (Å²) in [4.78, 5) is 31.0. The molecule has 2 aromatic carbocycles. The van der Waals surface area contributed by atoms with Crippen LogP contribution in [0.2, 0.25) is 0 Å². The molecule has 2 bridgehead atoms. The Bertz CT molecular complexity index is 1050. The highest BCUT2D eigenvalue weighted by molar-refractivity contribution is 5.97. The van der Waals surface area contributed by atoms with Crippen molar-refractivity contribution in [2.75, 3.05) is 46.5 Å². The van der Waals surface area contributed by atoms with E-state index in [0.29, 0.717) is 24.5 Å². The predicted octanol–water partition coefficient (Wildman–Crippen LogP) is 4.36. The monoisotopic (exact) mass is 490 g/mol. The van der Waals surface area contributed by atoms with Crippen LogP contribution in [-0.4, -0.2) is 68.1 Å². The highest BCUT2D eigenvalue weighted by Gasteiger charge is 2.37. The van der Waals surface area contributed by atoms with Gasteiger partial charge in [-0.05, 0) is 67.2 Å². The van der Waals surface area contributed by atoms with Crippen LogP contribution in [-0.2, 0) is 22.4 Å². The summed E-state index contributed by atoms with van der Waals surface area (Å²) in [6, 6.07) is 15.9. The predicted molar refractivity (Wildman–Crippen MR) is 139 cm³/mol. The van der Waals surface area contributed by atoms with Crippen LogP contribution in [0.25, 0.3) is 0 Å². The summed E-state index contributed by atoms with van der Waals surface area (Å²) >= 11 is 0. The molecule has 3 heterocycles. The van der Waals surface area contributed by atoms with Gasteiger partial charge in [-0.25, -0.2) is 0 Å². The average Bonchev–Trinajstić information content (AvgIpc) is 3.34. The summed E-state index contributed by atoms with van der Waals surface area (Å²) in [5.41, 5.74) is 3.30. The van der Waals surface area contributed by atoms with Crippen molar-refractivity contribution in [3.63, 3.8) is 0 Å². The van der Waals surface area contributed by atoms with Crippen molar-refractivity contribution in [3.8, 4) is 5.75 Å². The maximum Gasteiger partial charge on any atom is 0.257 e. The van der Waals surface area contributed by atoms with E-state index >= 15 is 0 Å². The maximum absolute atomic E-state index is 13.6. The molecule has 0 saturated carbocycles. The Labute approximate surface area is 214 Å². The minimum absolute atomic E-state index is 0.00146. The highest BCUT2D eigenvalue weighted by Crippen LogP contribution is 2.38. The van der Waals surface area contributed by atoms with E-state index in [1.165, 1.54) is 11.1 Å².